The molecule has 0 spiro atoms. The normalized spacial score (nSPS) is 14.8. The van der Waals surface area contributed by atoms with Crippen molar-refractivity contribution in [2.24, 2.45) is 5.16 Å². The van der Waals surface area contributed by atoms with E-state index in [0.717, 1.165) is 0 Å². The molecule has 0 amide bonds. The minimum absolute atomic E-state index is 0.0391. The zero-order valence-electron chi connectivity index (χ0n) is 26.8. The van der Waals surface area contributed by atoms with Crippen LogP contribution in [0, 0.1) is 0 Å². The lowest BCUT2D eigenvalue weighted by atomic mass is 10.3. The fraction of sp³-hybridized carbons (Fsp3) is 0.650. The van der Waals surface area contributed by atoms with Gasteiger partial charge in [0.25, 0.3) is 0 Å². The topological polar surface area (TPSA) is 289 Å². The monoisotopic (exact) mass is 835 g/mol. The molecule has 2 aromatic heterocycles. The van der Waals surface area contributed by atoms with E-state index in [0.29, 0.717) is 37.5 Å². The van der Waals surface area contributed by atoms with Gasteiger partial charge in [-0.25, -0.2) is 55.5 Å². The van der Waals surface area contributed by atoms with Crippen molar-refractivity contribution in [3.63, 3.8) is 0 Å². The SMILES string of the molecule is CC(=NO)c1cc(N(COCC[Si](S(C)(=O)=O)(S(C)(=O)=O)S(C)(=O)=O)COCC[Si](S(C)(=O)=O)(S(C)(=O)=O)S(C)(=O)=O)n2nccc2n1. The Morgan fingerprint density at radius 2 is 1.12 bits per heavy atom. The first-order chi connectivity index (χ1) is 21.5. The molecule has 0 radical (unpaired) electrons. The minimum Gasteiger partial charge on any atom is -0.411 e. The van der Waals surface area contributed by atoms with Crippen LogP contribution in [-0.2, 0) is 65.2 Å². The highest BCUT2D eigenvalue weighted by Gasteiger charge is 2.65. The van der Waals surface area contributed by atoms with Crippen LogP contribution in [0.4, 0.5) is 5.82 Å². The summed E-state index contributed by atoms with van der Waals surface area (Å²) < 4.78 is 164. The largest absolute Gasteiger partial charge is 0.454 e. The first-order valence-corrected chi connectivity index (χ1v) is 33.2. The summed E-state index contributed by atoms with van der Waals surface area (Å²) in [4.78, 5) is 5.49. The van der Waals surface area contributed by atoms with Crippen LogP contribution in [0.2, 0.25) is 12.1 Å². The number of nitrogens with zero attached hydrogens (tertiary/aromatic N) is 5. The molecule has 0 atom stereocenters. The van der Waals surface area contributed by atoms with Crippen molar-refractivity contribution in [1.29, 1.82) is 0 Å². The van der Waals surface area contributed by atoms with Crippen molar-refractivity contribution >= 4 is 83.9 Å². The Hall–Kier alpha value is -2.06. The Balaban J connectivity index is 2.55. The number of oxime groups is 1. The highest BCUT2D eigenvalue weighted by molar-refractivity contribution is 8.74. The molecule has 28 heteroatoms. The van der Waals surface area contributed by atoms with E-state index in [2.05, 4.69) is 15.2 Å². The molecule has 0 saturated carbocycles. The summed E-state index contributed by atoms with van der Waals surface area (Å²) in [6.07, 6.45) is 4.46. The van der Waals surface area contributed by atoms with Crippen LogP contribution in [0.15, 0.2) is 23.5 Å². The number of hydrogen-bond acceptors (Lipinski definition) is 19. The third-order valence-corrected chi connectivity index (χ3v) is 72.3. The second-order valence-corrected chi connectivity index (χ2v) is 54.4. The average molecular weight is 836 g/mol. The number of anilines is 1. The molecule has 276 valence electrons. The summed E-state index contributed by atoms with van der Waals surface area (Å²) in [6.45, 7) is -1.20. The fourth-order valence-electron chi connectivity index (χ4n) is 5.03. The van der Waals surface area contributed by atoms with E-state index in [-0.39, 0.29) is 22.9 Å². The summed E-state index contributed by atoms with van der Waals surface area (Å²) in [5.74, 6) is 0.0821. The molecule has 1 N–H and O–H groups in total. The molecule has 0 bridgehead atoms. The number of ether oxygens (including phenoxy) is 2. The third kappa shape index (κ3) is 8.11. The van der Waals surface area contributed by atoms with Crippen LogP contribution < -0.4 is 4.90 Å². The van der Waals surface area contributed by atoms with Crippen LogP contribution in [0.3, 0.4) is 0 Å². The highest BCUT2D eigenvalue weighted by Crippen LogP contribution is 2.31. The lowest BCUT2D eigenvalue weighted by molar-refractivity contribution is 0.0947. The van der Waals surface area contributed by atoms with Crippen molar-refractivity contribution in [2.75, 3.05) is 69.1 Å². The van der Waals surface area contributed by atoms with Gasteiger partial charge in [0, 0.05) is 75.0 Å². The predicted octanol–water partition coefficient (Wildman–Crippen LogP) is -2.17. The van der Waals surface area contributed by atoms with Gasteiger partial charge in [0.2, 0.25) is 0 Å². The van der Waals surface area contributed by atoms with Gasteiger partial charge in [-0.3, -0.25) is 0 Å². The minimum atomic E-state index is -5.21. The van der Waals surface area contributed by atoms with Gasteiger partial charge >= 0.3 is 11.0 Å². The second kappa shape index (κ2) is 14.3. The summed E-state index contributed by atoms with van der Waals surface area (Å²) in [5.41, 5.74) is -10.1. The number of aromatic nitrogens is 3. The van der Waals surface area contributed by atoms with Crippen molar-refractivity contribution in [1.82, 2.24) is 14.6 Å². The molecule has 0 saturated heterocycles. The predicted molar refractivity (Wildman–Crippen MR) is 181 cm³/mol. The molecule has 2 aromatic rings. The molecule has 0 fully saturated rings. The number of rotatable bonds is 18. The summed E-state index contributed by atoms with van der Waals surface area (Å²) >= 11 is 0. The summed E-state index contributed by atoms with van der Waals surface area (Å²) in [7, 11) is -28.0. The Labute approximate surface area is 279 Å². The summed E-state index contributed by atoms with van der Waals surface area (Å²) in [6, 6.07) is 0.996. The molecule has 20 nitrogen and oxygen atoms in total. The molecule has 0 aliphatic carbocycles. The van der Waals surface area contributed by atoms with Crippen molar-refractivity contribution in [3.05, 3.63) is 24.0 Å². The van der Waals surface area contributed by atoms with Gasteiger partial charge in [-0.2, -0.15) is 9.61 Å². The zero-order chi connectivity index (χ0) is 37.4. The van der Waals surface area contributed by atoms with E-state index in [1.807, 2.05) is 0 Å². The van der Waals surface area contributed by atoms with Gasteiger partial charge in [0.15, 0.2) is 61.4 Å². The molecule has 2 heterocycles. The first kappa shape index (κ1) is 42.1. The van der Waals surface area contributed by atoms with Crippen LogP contribution in [0.25, 0.3) is 5.65 Å². The van der Waals surface area contributed by atoms with E-state index in [4.69, 9.17) is 9.47 Å². The fourth-order valence-corrected chi connectivity index (χ4v) is 59.1. The first-order valence-electron chi connectivity index (χ1n) is 13.1. The molecular weight excluding hydrogens is 799 g/mol. The van der Waals surface area contributed by atoms with Gasteiger partial charge in [0.1, 0.15) is 25.0 Å². The number of fused-ring (bicyclic) bond motifs is 1. The highest BCUT2D eigenvalue weighted by atomic mass is 32.8. The Bertz CT molecular complexity index is 1970. The van der Waals surface area contributed by atoms with Gasteiger partial charge in [-0.1, -0.05) is 5.16 Å². The second-order valence-electron chi connectivity index (χ2n) is 10.9. The van der Waals surface area contributed by atoms with E-state index in [1.165, 1.54) is 34.7 Å². The number of hydrogen-bond donors (Lipinski definition) is 1. The maximum Gasteiger partial charge on any atom is 0.454 e. The molecular formula is C20H37N5O15S6Si2. The van der Waals surface area contributed by atoms with Gasteiger partial charge in [0.05, 0.1) is 11.9 Å². The quantitative estimate of drug-likeness (QED) is 0.0417. The van der Waals surface area contributed by atoms with E-state index in [9.17, 15) is 55.7 Å². The molecule has 0 unspecified atom stereocenters. The van der Waals surface area contributed by atoms with E-state index >= 15 is 0 Å². The standard InChI is InChI=1S/C20H37N5O15S6Si2/c1-17(23-26)18-14-20(25-19(22-18)8-9-21-25)24(15-39-10-12-47(41(2,27)28,42(3,29)30)43(4,31)32)16-40-11-13-48(44(5,33)34,45(6,35)36)46(7,37)38/h8-9,14,26H,10-13,15-16H2,1-7H3. The third-order valence-electron chi connectivity index (χ3n) is 7.17. The molecule has 0 aromatic carbocycles. The molecule has 2 rings (SSSR count). The summed E-state index contributed by atoms with van der Waals surface area (Å²) in [5, 5.41) is 16.5. The Morgan fingerprint density at radius 3 is 1.46 bits per heavy atom. The lowest BCUT2D eigenvalue weighted by Gasteiger charge is -2.28. The van der Waals surface area contributed by atoms with Crippen molar-refractivity contribution < 1.29 is 65.2 Å². The van der Waals surface area contributed by atoms with Crippen molar-refractivity contribution in [3.8, 4) is 0 Å². The van der Waals surface area contributed by atoms with E-state index < -0.39 is 106 Å². The molecule has 48 heavy (non-hydrogen) atoms. The van der Waals surface area contributed by atoms with Crippen molar-refractivity contribution in [2.45, 2.75) is 19.0 Å². The Kier molecular flexibility index (Phi) is 12.5. The Morgan fingerprint density at radius 1 is 0.750 bits per heavy atom. The molecule has 0 aliphatic heterocycles. The van der Waals surface area contributed by atoms with Crippen LogP contribution >= 0.6 is 0 Å². The lowest BCUT2D eigenvalue weighted by Crippen LogP contribution is -2.58. The zero-order valence-corrected chi connectivity index (χ0v) is 33.7. The van der Waals surface area contributed by atoms with Crippen LogP contribution in [0.5, 0.6) is 0 Å². The molecule has 0 aliphatic rings. The maximum absolute atomic E-state index is 12.7. The van der Waals surface area contributed by atoms with Crippen LogP contribution in [0.1, 0.15) is 12.6 Å². The van der Waals surface area contributed by atoms with Gasteiger partial charge in [-0.05, 0) is 6.92 Å². The van der Waals surface area contributed by atoms with Crippen LogP contribution in [-0.4, -0.2) is 151 Å². The maximum atomic E-state index is 12.7. The van der Waals surface area contributed by atoms with E-state index in [1.54, 1.807) is 0 Å². The average Bonchev–Trinajstić information content (AvgIpc) is 3.35. The van der Waals surface area contributed by atoms with Gasteiger partial charge < -0.3 is 19.6 Å². The smallest absolute Gasteiger partial charge is 0.411 e. The van der Waals surface area contributed by atoms with Gasteiger partial charge in [-0.15, -0.1) is 0 Å².